The SMILES string of the molecule is CC/C=C\C/C=C\C/C=C\CCCCCCCC(=O)OC(COC(=O)CCCCCCCCCCCCCC)COC(=O)CCCCCCCCCCCCCCCCC/C=C\CCCCCCCCCC. The van der Waals surface area contributed by atoms with Crippen molar-refractivity contribution in [1.29, 1.82) is 0 Å². The third-order valence-corrected chi connectivity index (χ3v) is 14.1. The summed E-state index contributed by atoms with van der Waals surface area (Å²) in [6.45, 7) is 6.55. The van der Waals surface area contributed by atoms with Crippen LogP contribution in [0.25, 0.3) is 0 Å². The molecule has 0 spiro atoms. The lowest BCUT2D eigenvalue weighted by molar-refractivity contribution is -0.167. The summed E-state index contributed by atoms with van der Waals surface area (Å²) in [4.78, 5) is 38.2. The van der Waals surface area contributed by atoms with Crippen LogP contribution in [0.1, 0.15) is 335 Å². The highest BCUT2D eigenvalue weighted by atomic mass is 16.6. The Labute approximate surface area is 448 Å². The van der Waals surface area contributed by atoms with Gasteiger partial charge in [-0.25, -0.2) is 0 Å². The quantitative estimate of drug-likeness (QED) is 0.0261. The second-order valence-electron chi connectivity index (χ2n) is 21.3. The van der Waals surface area contributed by atoms with Crippen LogP contribution < -0.4 is 0 Å². The second-order valence-corrected chi connectivity index (χ2v) is 21.3. The van der Waals surface area contributed by atoms with E-state index < -0.39 is 6.10 Å². The first-order chi connectivity index (χ1) is 35.5. The first-order valence-corrected chi connectivity index (χ1v) is 31.6. The largest absolute Gasteiger partial charge is 0.462 e. The Morgan fingerprint density at radius 3 is 0.861 bits per heavy atom. The number of ether oxygens (including phenoxy) is 3. The van der Waals surface area contributed by atoms with Crippen molar-refractivity contribution >= 4 is 17.9 Å². The lowest BCUT2D eigenvalue weighted by Crippen LogP contribution is -2.30. The molecular weight excluding hydrogens is 889 g/mol. The van der Waals surface area contributed by atoms with Crippen molar-refractivity contribution < 1.29 is 28.6 Å². The topological polar surface area (TPSA) is 78.9 Å². The van der Waals surface area contributed by atoms with E-state index in [1.165, 1.54) is 199 Å². The van der Waals surface area contributed by atoms with E-state index in [2.05, 4.69) is 69.4 Å². The van der Waals surface area contributed by atoms with E-state index in [1.54, 1.807) is 0 Å². The molecule has 420 valence electrons. The molecule has 6 heteroatoms. The van der Waals surface area contributed by atoms with Crippen molar-refractivity contribution in [1.82, 2.24) is 0 Å². The third-order valence-electron chi connectivity index (χ3n) is 14.1. The van der Waals surface area contributed by atoms with Gasteiger partial charge >= 0.3 is 17.9 Å². The van der Waals surface area contributed by atoms with Gasteiger partial charge in [-0.3, -0.25) is 14.4 Å². The van der Waals surface area contributed by atoms with Gasteiger partial charge in [0.2, 0.25) is 0 Å². The van der Waals surface area contributed by atoms with Gasteiger partial charge in [0, 0.05) is 19.3 Å². The number of allylic oxidation sites excluding steroid dienone is 8. The summed E-state index contributed by atoms with van der Waals surface area (Å²) in [7, 11) is 0. The Hall–Kier alpha value is -2.63. The molecule has 0 aromatic heterocycles. The van der Waals surface area contributed by atoms with Crippen LogP contribution >= 0.6 is 0 Å². The molecule has 6 nitrogen and oxygen atoms in total. The van der Waals surface area contributed by atoms with E-state index in [0.717, 1.165) is 96.3 Å². The zero-order valence-electron chi connectivity index (χ0n) is 48.2. The highest BCUT2D eigenvalue weighted by molar-refractivity contribution is 5.71. The van der Waals surface area contributed by atoms with Crippen LogP contribution in [0, 0.1) is 0 Å². The Morgan fingerprint density at radius 1 is 0.292 bits per heavy atom. The van der Waals surface area contributed by atoms with Crippen LogP contribution in [0.5, 0.6) is 0 Å². The molecule has 0 aliphatic carbocycles. The lowest BCUT2D eigenvalue weighted by Gasteiger charge is -2.18. The van der Waals surface area contributed by atoms with Gasteiger partial charge in [-0.2, -0.15) is 0 Å². The standard InChI is InChI=1S/C66H120O6/c1-4-7-10-13-16-19-22-25-27-28-29-30-31-32-33-34-35-36-37-38-40-41-44-47-50-53-56-59-65(68)71-62-63(61-70-64(67)58-55-52-49-46-43-24-21-18-15-12-9-6-3)72-66(69)60-57-54-51-48-45-42-39-26-23-20-17-14-11-8-5-2/h8,11,17,20,26,28-29,39,63H,4-7,9-10,12-16,18-19,21-25,27,30-38,40-62H2,1-3H3/b11-8-,20-17-,29-28-,39-26-. The number of rotatable bonds is 58. The maximum Gasteiger partial charge on any atom is 0.306 e. The average molecular weight is 1010 g/mol. The summed E-state index contributed by atoms with van der Waals surface area (Å²) in [5, 5.41) is 0. The molecular formula is C66H120O6. The van der Waals surface area contributed by atoms with Crippen molar-refractivity contribution in [3.05, 3.63) is 48.6 Å². The van der Waals surface area contributed by atoms with Gasteiger partial charge in [0.25, 0.3) is 0 Å². The van der Waals surface area contributed by atoms with Gasteiger partial charge in [-0.1, -0.05) is 288 Å². The molecule has 0 heterocycles. The Kier molecular flexibility index (Phi) is 58.7. The van der Waals surface area contributed by atoms with Crippen molar-refractivity contribution in [3.8, 4) is 0 Å². The Morgan fingerprint density at radius 2 is 0.542 bits per heavy atom. The summed E-state index contributed by atoms with van der Waals surface area (Å²) in [5.41, 5.74) is 0. The van der Waals surface area contributed by atoms with E-state index in [1.807, 2.05) is 0 Å². The molecule has 0 rings (SSSR count). The summed E-state index contributed by atoms with van der Waals surface area (Å²) < 4.78 is 16.9. The number of esters is 3. The Balaban J connectivity index is 4.19. The van der Waals surface area contributed by atoms with Gasteiger partial charge < -0.3 is 14.2 Å². The summed E-state index contributed by atoms with van der Waals surface area (Å²) in [6, 6.07) is 0. The molecule has 0 amide bonds. The number of hydrogen-bond donors (Lipinski definition) is 0. The molecule has 0 aliphatic rings. The molecule has 1 unspecified atom stereocenters. The lowest BCUT2D eigenvalue weighted by atomic mass is 10.0. The van der Waals surface area contributed by atoms with E-state index in [9.17, 15) is 14.4 Å². The summed E-state index contributed by atoms with van der Waals surface area (Å²) in [5.74, 6) is -0.876. The zero-order chi connectivity index (χ0) is 52.2. The van der Waals surface area contributed by atoms with Gasteiger partial charge in [0.1, 0.15) is 13.2 Å². The zero-order valence-corrected chi connectivity index (χ0v) is 48.2. The molecule has 0 N–H and O–H groups in total. The van der Waals surface area contributed by atoms with Gasteiger partial charge in [0.05, 0.1) is 0 Å². The number of hydrogen-bond acceptors (Lipinski definition) is 6. The monoisotopic (exact) mass is 1010 g/mol. The molecule has 0 fully saturated rings. The van der Waals surface area contributed by atoms with Crippen LogP contribution in [0.15, 0.2) is 48.6 Å². The van der Waals surface area contributed by atoms with Crippen LogP contribution in [-0.4, -0.2) is 37.2 Å². The number of unbranched alkanes of at least 4 members (excludes halogenated alkanes) is 39. The third kappa shape index (κ3) is 58.3. The molecule has 72 heavy (non-hydrogen) atoms. The number of carbonyl (C=O) groups is 3. The van der Waals surface area contributed by atoms with Crippen LogP contribution in [0.2, 0.25) is 0 Å². The van der Waals surface area contributed by atoms with Gasteiger partial charge in [-0.05, 0) is 77.0 Å². The molecule has 0 saturated heterocycles. The smallest absolute Gasteiger partial charge is 0.306 e. The predicted molar refractivity (Wildman–Crippen MR) is 312 cm³/mol. The predicted octanol–water partition coefficient (Wildman–Crippen LogP) is 21.4. The van der Waals surface area contributed by atoms with Gasteiger partial charge in [0.15, 0.2) is 6.10 Å². The molecule has 1 atom stereocenters. The summed E-state index contributed by atoms with van der Waals surface area (Å²) in [6.07, 6.45) is 75.6. The first-order valence-electron chi connectivity index (χ1n) is 31.6. The minimum absolute atomic E-state index is 0.0763. The molecule has 0 radical (unpaired) electrons. The molecule has 0 bridgehead atoms. The van der Waals surface area contributed by atoms with Crippen LogP contribution in [-0.2, 0) is 28.6 Å². The number of carbonyl (C=O) groups excluding carboxylic acids is 3. The van der Waals surface area contributed by atoms with Crippen LogP contribution in [0.3, 0.4) is 0 Å². The first kappa shape index (κ1) is 69.4. The highest BCUT2D eigenvalue weighted by Gasteiger charge is 2.19. The van der Waals surface area contributed by atoms with Crippen molar-refractivity contribution in [3.63, 3.8) is 0 Å². The minimum Gasteiger partial charge on any atom is -0.462 e. The van der Waals surface area contributed by atoms with Crippen molar-refractivity contribution in [2.45, 2.75) is 341 Å². The van der Waals surface area contributed by atoms with Crippen molar-refractivity contribution in [2.75, 3.05) is 13.2 Å². The molecule has 0 saturated carbocycles. The van der Waals surface area contributed by atoms with Crippen molar-refractivity contribution in [2.24, 2.45) is 0 Å². The van der Waals surface area contributed by atoms with E-state index in [-0.39, 0.29) is 31.1 Å². The molecule has 0 aliphatic heterocycles. The maximum atomic E-state index is 12.9. The fraction of sp³-hybridized carbons (Fsp3) is 0.833. The van der Waals surface area contributed by atoms with E-state index in [0.29, 0.717) is 19.3 Å². The van der Waals surface area contributed by atoms with E-state index >= 15 is 0 Å². The maximum absolute atomic E-state index is 12.9. The second kappa shape index (κ2) is 60.9. The molecule has 0 aromatic rings. The van der Waals surface area contributed by atoms with Crippen LogP contribution in [0.4, 0.5) is 0 Å². The minimum atomic E-state index is -0.779. The van der Waals surface area contributed by atoms with Gasteiger partial charge in [-0.15, -0.1) is 0 Å². The Bertz CT molecular complexity index is 1250. The molecule has 0 aromatic carbocycles. The fourth-order valence-corrected chi connectivity index (χ4v) is 9.34. The highest BCUT2D eigenvalue weighted by Crippen LogP contribution is 2.17. The van der Waals surface area contributed by atoms with E-state index in [4.69, 9.17) is 14.2 Å². The average Bonchev–Trinajstić information content (AvgIpc) is 3.38. The normalized spacial score (nSPS) is 12.3. The fourth-order valence-electron chi connectivity index (χ4n) is 9.34. The summed E-state index contributed by atoms with van der Waals surface area (Å²) >= 11 is 0.